The summed E-state index contributed by atoms with van der Waals surface area (Å²) in [7, 11) is 0. The van der Waals surface area contributed by atoms with E-state index in [4.69, 9.17) is 0 Å². The van der Waals surface area contributed by atoms with Crippen molar-refractivity contribution in [3.8, 4) is 0 Å². The van der Waals surface area contributed by atoms with Crippen LogP contribution in [0.5, 0.6) is 0 Å². The number of aliphatic hydroxyl groups excluding tert-OH is 1. The molecule has 2 N–H and O–H groups in total. The average Bonchev–Trinajstić information content (AvgIpc) is 2.63. The van der Waals surface area contributed by atoms with E-state index in [1.165, 1.54) is 0 Å². The predicted octanol–water partition coefficient (Wildman–Crippen LogP) is 4.24. The van der Waals surface area contributed by atoms with Gasteiger partial charge in [-0.05, 0) is 68.1 Å². The van der Waals surface area contributed by atoms with Crippen LogP contribution in [0.1, 0.15) is 87.5 Å². The minimum atomic E-state index is -0.504. The van der Waals surface area contributed by atoms with Crippen LogP contribution in [-0.4, -0.2) is 47.1 Å². The smallest absolute Gasteiger partial charge is 0.225 e. The van der Waals surface area contributed by atoms with Crippen LogP contribution in [-0.2, 0) is 9.59 Å². The van der Waals surface area contributed by atoms with Crippen molar-refractivity contribution >= 4 is 11.8 Å². The monoisotopic (exact) mass is 422 g/mol. The Morgan fingerprint density at radius 3 is 2.27 bits per heavy atom. The summed E-state index contributed by atoms with van der Waals surface area (Å²) in [5, 5.41) is 14.8. The Morgan fingerprint density at radius 2 is 1.73 bits per heavy atom. The quantitative estimate of drug-likeness (QED) is 0.673. The van der Waals surface area contributed by atoms with Crippen LogP contribution in [0.3, 0.4) is 0 Å². The third-order valence-corrected chi connectivity index (χ3v) is 8.03. The molecule has 0 aliphatic heterocycles. The SMILES string of the molecule is CCN(CC)C(=O)[C@@H](C)[C@@H]1CC[C@@]2(C)CC[C@H](NC(=O)CC(C)(C)C)[C@@H](C)[C@@H]2[C@H]1O. The fourth-order valence-electron chi connectivity index (χ4n) is 6.24. The molecule has 0 heterocycles. The fraction of sp³-hybridized carbons (Fsp3) is 0.920. The van der Waals surface area contributed by atoms with E-state index >= 15 is 0 Å². The van der Waals surface area contributed by atoms with E-state index in [1.807, 2.05) is 25.7 Å². The maximum Gasteiger partial charge on any atom is 0.225 e. The summed E-state index contributed by atoms with van der Waals surface area (Å²) in [5.41, 5.74) is 0.0464. The number of amides is 2. The second-order valence-corrected chi connectivity index (χ2v) is 11.5. The summed E-state index contributed by atoms with van der Waals surface area (Å²) in [4.78, 5) is 27.4. The highest BCUT2D eigenvalue weighted by Gasteiger charge is 2.54. The third kappa shape index (κ3) is 5.38. The average molecular weight is 423 g/mol. The molecule has 0 saturated heterocycles. The van der Waals surface area contributed by atoms with Crippen molar-refractivity contribution < 1.29 is 14.7 Å². The number of hydrogen-bond donors (Lipinski definition) is 2. The number of carbonyl (C=O) groups is 2. The van der Waals surface area contributed by atoms with Gasteiger partial charge < -0.3 is 15.3 Å². The molecule has 2 fully saturated rings. The lowest BCUT2D eigenvalue weighted by molar-refractivity contribution is -0.150. The molecule has 7 atom stereocenters. The van der Waals surface area contributed by atoms with Crippen LogP contribution in [0.15, 0.2) is 0 Å². The summed E-state index contributed by atoms with van der Waals surface area (Å²) >= 11 is 0. The van der Waals surface area contributed by atoms with Gasteiger partial charge in [0.25, 0.3) is 0 Å². The number of hydrogen-bond acceptors (Lipinski definition) is 3. The number of nitrogens with one attached hydrogen (secondary N) is 1. The molecule has 30 heavy (non-hydrogen) atoms. The van der Waals surface area contributed by atoms with E-state index in [1.54, 1.807) is 0 Å². The molecular weight excluding hydrogens is 376 g/mol. The van der Waals surface area contributed by atoms with Crippen LogP contribution in [0.4, 0.5) is 0 Å². The standard InChI is InChI=1S/C25H46N2O3/c1-9-27(10-2)23(30)16(3)18-11-13-25(8)14-12-19(17(4)21(25)22(18)29)26-20(28)15-24(5,6)7/h16-19,21-22,29H,9-15H2,1-8H3,(H,26,28)/t16-,17+,18-,19-,21+,22-,25-/m0/s1. The van der Waals surface area contributed by atoms with Gasteiger partial charge in [0, 0.05) is 31.5 Å². The number of fused-ring (bicyclic) bond motifs is 1. The van der Waals surface area contributed by atoms with Gasteiger partial charge in [-0.25, -0.2) is 0 Å². The van der Waals surface area contributed by atoms with Crippen molar-refractivity contribution in [2.24, 2.45) is 34.5 Å². The van der Waals surface area contributed by atoms with Gasteiger partial charge in [-0.1, -0.05) is 41.5 Å². The molecule has 0 bridgehead atoms. The highest BCUT2D eigenvalue weighted by atomic mass is 16.3. The van der Waals surface area contributed by atoms with E-state index in [0.717, 1.165) is 25.7 Å². The van der Waals surface area contributed by atoms with Crippen molar-refractivity contribution in [2.75, 3.05) is 13.1 Å². The zero-order valence-corrected chi connectivity index (χ0v) is 20.6. The Bertz CT molecular complexity index is 610. The van der Waals surface area contributed by atoms with Crippen LogP contribution in [0.2, 0.25) is 0 Å². The first-order valence-electron chi connectivity index (χ1n) is 12.1. The molecule has 2 aliphatic carbocycles. The molecule has 5 heteroatoms. The molecule has 2 amide bonds. The van der Waals surface area contributed by atoms with Gasteiger partial charge in [0.05, 0.1) is 6.10 Å². The minimum Gasteiger partial charge on any atom is -0.392 e. The molecule has 2 rings (SSSR count). The van der Waals surface area contributed by atoms with Crippen LogP contribution >= 0.6 is 0 Å². The van der Waals surface area contributed by atoms with Crippen molar-refractivity contribution in [1.29, 1.82) is 0 Å². The first-order valence-corrected chi connectivity index (χ1v) is 12.1. The zero-order valence-electron chi connectivity index (χ0n) is 20.6. The van der Waals surface area contributed by atoms with Crippen LogP contribution in [0.25, 0.3) is 0 Å². The second-order valence-electron chi connectivity index (χ2n) is 11.5. The summed E-state index contributed by atoms with van der Waals surface area (Å²) in [6.07, 6.45) is 3.94. The Balaban J connectivity index is 2.15. The molecule has 0 aromatic carbocycles. The molecule has 0 unspecified atom stereocenters. The summed E-state index contributed by atoms with van der Waals surface area (Å²) in [5.74, 6) is 0.384. The van der Waals surface area contributed by atoms with Gasteiger partial charge in [-0.15, -0.1) is 0 Å². The lowest BCUT2D eigenvalue weighted by Gasteiger charge is -2.56. The molecule has 0 aromatic rings. The van der Waals surface area contributed by atoms with Gasteiger partial charge in [0.2, 0.25) is 11.8 Å². The Kier molecular flexibility index (Phi) is 8.04. The normalized spacial score (nSPS) is 35.3. The van der Waals surface area contributed by atoms with E-state index in [9.17, 15) is 14.7 Å². The van der Waals surface area contributed by atoms with Crippen molar-refractivity contribution in [2.45, 2.75) is 99.6 Å². The van der Waals surface area contributed by atoms with E-state index in [-0.39, 0.29) is 52.4 Å². The molecule has 0 aromatic heterocycles. The number of carbonyl (C=O) groups excluding carboxylic acids is 2. The number of aliphatic hydroxyl groups is 1. The fourth-order valence-corrected chi connectivity index (χ4v) is 6.24. The maximum absolute atomic E-state index is 13.0. The van der Waals surface area contributed by atoms with Crippen molar-refractivity contribution in [3.05, 3.63) is 0 Å². The maximum atomic E-state index is 13.0. The highest BCUT2D eigenvalue weighted by molar-refractivity contribution is 5.79. The van der Waals surface area contributed by atoms with Gasteiger partial charge in [0.1, 0.15) is 0 Å². The Morgan fingerprint density at radius 1 is 1.17 bits per heavy atom. The predicted molar refractivity (Wildman–Crippen MR) is 122 cm³/mol. The molecule has 2 saturated carbocycles. The van der Waals surface area contributed by atoms with E-state index in [2.05, 4.69) is 39.9 Å². The molecule has 0 radical (unpaired) electrons. The summed E-state index contributed by atoms with van der Waals surface area (Å²) in [6.45, 7) is 18.2. The Hall–Kier alpha value is -1.10. The number of rotatable bonds is 6. The molecule has 5 nitrogen and oxygen atoms in total. The lowest BCUT2D eigenvalue weighted by atomic mass is 9.51. The van der Waals surface area contributed by atoms with Gasteiger partial charge in [0.15, 0.2) is 0 Å². The molecule has 0 spiro atoms. The van der Waals surface area contributed by atoms with E-state index < -0.39 is 6.10 Å². The van der Waals surface area contributed by atoms with Gasteiger partial charge in [-0.3, -0.25) is 9.59 Å². The summed E-state index contributed by atoms with van der Waals surface area (Å²) in [6, 6.07) is 0.0973. The van der Waals surface area contributed by atoms with Crippen molar-refractivity contribution in [1.82, 2.24) is 10.2 Å². The lowest BCUT2D eigenvalue weighted by Crippen LogP contribution is -2.58. The van der Waals surface area contributed by atoms with Gasteiger partial charge >= 0.3 is 0 Å². The third-order valence-electron chi connectivity index (χ3n) is 8.03. The molecular formula is C25H46N2O3. The first-order chi connectivity index (χ1) is 13.8. The number of nitrogens with zero attached hydrogens (tertiary/aromatic N) is 1. The zero-order chi connectivity index (χ0) is 22.9. The van der Waals surface area contributed by atoms with Crippen LogP contribution in [0, 0.1) is 34.5 Å². The molecule has 174 valence electrons. The topological polar surface area (TPSA) is 69.6 Å². The van der Waals surface area contributed by atoms with Gasteiger partial charge in [-0.2, -0.15) is 0 Å². The van der Waals surface area contributed by atoms with Crippen molar-refractivity contribution in [3.63, 3.8) is 0 Å². The van der Waals surface area contributed by atoms with E-state index in [0.29, 0.717) is 19.5 Å². The van der Waals surface area contributed by atoms with Crippen LogP contribution < -0.4 is 5.32 Å². The summed E-state index contributed by atoms with van der Waals surface area (Å²) < 4.78 is 0. The Labute approximate surface area is 184 Å². The minimum absolute atomic E-state index is 0.0114. The molecule has 2 aliphatic rings. The first kappa shape index (κ1) is 25.2. The second kappa shape index (κ2) is 9.58. The highest BCUT2D eigenvalue weighted by Crippen LogP contribution is 2.55. The largest absolute Gasteiger partial charge is 0.392 e.